The summed E-state index contributed by atoms with van der Waals surface area (Å²) in [6.45, 7) is 1.48. The van der Waals surface area contributed by atoms with E-state index in [1.807, 2.05) is 0 Å². The fourth-order valence-corrected chi connectivity index (χ4v) is 2.14. The predicted octanol–water partition coefficient (Wildman–Crippen LogP) is -0.207. The molecule has 1 aliphatic heterocycles. The Morgan fingerprint density at radius 1 is 1.65 bits per heavy atom. The Bertz CT molecular complexity index is 512. The smallest absolute Gasteiger partial charge is 0.328 e. The van der Waals surface area contributed by atoms with Crippen molar-refractivity contribution in [1.82, 2.24) is 9.55 Å². The molecule has 4 atom stereocenters. The monoisotopic (exact) mass is 258 g/mol. The molecule has 3 N–H and O–H groups in total. The summed E-state index contributed by atoms with van der Waals surface area (Å²) in [5, 5.41) is 18.8. The van der Waals surface area contributed by atoms with Crippen LogP contribution in [0.1, 0.15) is 13.2 Å². The van der Waals surface area contributed by atoms with Crippen LogP contribution >= 0.6 is 12.2 Å². The Balaban J connectivity index is 2.35. The summed E-state index contributed by atoms with van der Waals surface area (Å²) < 4.78 is 7.13. The molecule has 0 amide bonds. The van der Waals surface area contributed by atoms with Gasteiger partial charge in [-0.25, -0.2) is 4.79 Å². The van der Waals surface area contributed by atoms with Crippen LogP contribution in [0.25, 0.3) is 0 Å². The van der Waals surface area contributed by atoms with Gasteiger partial charge in [-0.1, -0.05) is 19.1 Å². The molecular weight excluding hydrogens is 244 g/mol. The van der Waals surface area contributed by atoms with Gasteiger partial charge in [0.1, 0.15) is 17.0 Å². The molecule has 0 radical (unpaired) electrons. The number of aliphatic hydroxyl groups is 2. The van der Waals surface area contributed by atoms with Crippen LogP contribution in [0.3, 0.4) is 0 Å². The molecule has 0 spiro atoms. The molecule has 0 unspecified atom stereocenters. The van der Waals surface area contributed by atoms with Crippen molar-refractivity contribution in [2.24, 2.45) is 5.92 Å². The Hall–Kier alpha value is -1.02. The zero-order valence-corrected chi connectivity index (χ0v) is 10.1. The van der Waals surface area contributed by atoms with Gasteiger partial charge in [-0.2, -0.15) is 0 Å². The van der Waals surface area contributed by atoms with E-state index in [1.165, 1.54) is 10.8 Å². The molecule has 1 saturated heterocycles. The topological polar surface area (TPSA) is 87.5 Å². The average molecular weight is 258 g/mol. The highest BCUT2D eigenvalue weighted by Crippen LogP contribution is 2.33. The molecule has 6 nitrogen and oxygen atoms in total. The van der Waals surface area contributed by atoms with E-state index in [2.05, 4.69) is 4.98 Å². The number of ether oxygens (including phenoxy) is 1. The summed E-state index contributed by atoms with van der Waals surface area (Å²) in [6, 6.07) is 1.57. The summed E-state index contributed by atoms with van der Waals surface area (Å²) >= 11 is 4.83. The van der Waals surface area contributed by atoms with Gasteiger partial charge in [0.25, 0.3) is 0 Å². The van der Waals surface area contributed by atoms with Gasteiger partial charge >= 0.3 is 5.69 Å². The molecule has 1 aromatic rings. The Labute approximate surface area is 102 Å². The molecule has 0 aromatic carbocycles. The third-order valence-electron chi connectivity index (χ3n) is 2.99. The van der Waals surface area contributed by atoms with Crippen LogP contribution in [0.15, 0.2) is 17.1 Å². The zero-order valence-electron chi connectivity index (χ0n) is 9.24. The molecule has 1 aromatic heterocycles. The third-order valence-corrected chi connectivity index (χ3v) is 3.23. The second-order valence-electron chi connectivity index (χ2n) is 4.11. The lowest BCUT2D eigenvalue weighted by Crippen LogP contribution is -2.30. The average Bonchev–Trinajstić information content (AvgIpc) is 2.57. The van der Waals surface area contributed by atoms with Crippen molar-refractivity contribution in [3.63, 3.8) is 0 Å². The molecular formula is C10H14N2O4S. The van der Waals surface area contributed by atoms with E-state index in [4.69, 9.17) is 22.1 Å². The first-order valence-electron chi connectivity index (χ1n) is 5.30. The van der Waals surface area contributed by atoms with E-state index in [0.717, 1.165) is 0 Å². The maximum absolute atomic E-state index is 11.7. The van der Waals surface area contributed by atoms with Crippen molar-refractivity contribution < 1.29 is 14.9 Å². The van der Waals surface area contributed by atoms with Gasteiger partial charge in [-0.15, -0.1) is 0 Å². The molecule has 2 heterocycles. The number of aromatic amines is 1. The predicted molar refractivity (Wildman–Crippen MR) is 62.1 cm³/mol. The molecule has 7 heteroatoms. The van der Waals surface area contributed by atoms with Crippen molar-refractivity contribution in [2.45, 2.75) is 25.4 Å². The highest BCUT2D eigenvalue weighted by Gasteiger charge is 2.41. The molecule has 94 valence electrons. The number of nitrogens with zero attached hydrogens (tertiary/aromatic N) is 1. The first-order valence-corrected chi connectivity index (χ1v) is 5.71. The maximum Gasteiger partial charge on any atom is 0.328 e. The normalized spacial score (nSPS) is 32.9. The minimum atomic E-state index is -0.792. The van der Waals surface area contributed by atoms with Crippen LogP contribution in [0.4, 0.5) is 0 Å². The second-order valence-corrected chi connectivity index (χ2v) is 4.55. The number of H-pyrrole nitrogens is 1. The quantitative estimate of drug-likeness (QED) is 0.639. The number of aromatic nitrogens is 2. The summed E-state index contributed by atoms with van der Waals surface area (Å²) in [7, 11) is 0. The molecule has 2 rings (SSSR count). The Morgan fingerprint density at radius 2 is 2.35 bits per heavy atom. The lowest BCUT2D eigenvalue weighted by Gasteiger charge is -2.17. The van der Waals surface area contributed by atoms with Gasteiger partial charge in [0.05, 0.1) is 12.7 Å². The van der Waals surface area contributed by atoms with E-state index in [1.54, 1.807) is 13.0 Å². The first-order chi connectivity index (χ1) is 8.04. The van der Waals surface area contributed by atoms with Crippen LogP contribution in [0, 0.1) is 10.6 Å². The minimum Gasteiger partial charge on any atom is -0.394 e. The van der Waals surface area contributed by atoms with Gasteiger partial charge in [0.2, 0.25) is 0 Å². The second kappa shape index (κ2) is 4.69. The molecule has 1 aliphatic rings. The number of nitrogens with one attached hydrogen (secondary N) is 1. The van der Waals surface area contributed by atoms with Gasteiger partial charge in [-0.05, 0) is 6.07 Å². The van der Waals surface area contributed by atoms with Gasteiger partial charge < -0.3 is 14.9 Å². The Morgan fingerprint density at radius 3 is 2.88 bits per heavy atom. The molecule has 0 saturated carbocycles. The minimum absolute atomic E-state index is 0.278. The highest BCUT2D eigenvalue weighted by molar-refractivity contribution is 7.71. The number of aliphatic hydroxyl groups excluding tert-OH is 2. The van der Waals surface area contributed by atoms with Crippen LogP contribution < -0.4 is 5.69 Å². The van der Waals surface area contributed by atoms with Crippen molar-refractivity contribution in [3.05, 3.63) is 27.4 Å². The van der Waals surface area contributed by atoms with E-state index in [0.29, 0.717) is 4.64 Å². The summed E-state index contributed by atoms with van der Waals surface area (Å²) in [4.78, 5) is 14.2. The van der Waals surface area contributed by atoms with E-state index >= 15 is 0 Å². The van der Waals surface area contributed by atoms with Crippen LogP contribution in [-0.4, -0.2) is 38.6 Å². The summed E-state index contributed by atoms with van der Waals surface area (Å²) in [5.41, 5.74) is -0.389. The lowest BCUT2D eigenvalue weighted by molar-refractivity contribution is -0.0476. The molecule has 17 heavy (non-hydrogen) atoms. The van der Waals surface area contributed by atoms with Crippen LogP contribution in [0.2, 0.25) is 0 Å². The lowest BCUT2D eigenvalue weighted by atomic mass is 10.0. The number of hydrogen-bond donors (Lipinski definition) is 3. The SMILES string of the molecule is C[C@H]1[C@@H](O)[C@@H](CO)O[C@H]1n1ccc(=S)[nH]c1=O. The third kappa shape index (κ3) is 2.19. The highest BCUT2D eigenvalue weighted by atomic mass is 32.1. The largest absolute Gasteiger partial charge is 0.394 e. The van der Waals surface area contributed by atoms with Crippen molar-refractivity contribution in [1.29, 1.82) is 0 Å². The van der Waals surface area contributed by atoms with Gasteiger partial charge in [0.15, 0.2) is 0 Å². The fourth-order valence-electron chi connectivity index (χ4n) is 1.99. The molecule has 1 fully saturated rings. The molecule has 0 bridgehead atoms. The maximum atomic E-state index is 11.7. The fraction of sp³-hybridized carbons (Fsp3) is 0.600. The standard InChI is InChI=1S/C10H14N2O4S/c1-5-8(14)6(4-13)16-9(5)12-3-2-7(17)11-10(12)15/h2-3,5-6,8-9,13-14H,4H2,1H3,(H,11,15,17)/t5-,6+,8+,9+/m0/s1. The van der Waals surface area contributed by atoms with Crippen molar-refractivity contribution in [3.8, 4) is 0 Å². The zero-order chi connectivity index (χ0) is 12.6. The van der Waals surface area contributed by atoms with E-state index in [-0.39, 0.29) is 18.2 Å². The van der Waals surface area contributed by atoms with Crippen molar-refractivity contribution in [2.75, 3.05) is 6.61 Å². The first kappa shape index (κ1) is 12.4. The van der Waals surface area contributed by atoms with Crippen molar-refractivity contribution >= 4 is 12.2 Å². The van der Waals surface area contributed by atoms with Crippen LogP contribution in [0.5, 0.6) is 0 Å². The Kier molecular flexibility index (Phi) is 3.43. The van der Waals surface area contributed by atoms with Gasteiger partial charge in [0, 0.05) is 12.1 Å². The summed E-state index contributed by atoms with van der Waals surface area (Å²) in [5.74, 6) is -0.283. The molecule has 0 aliphatic carbocycles. The van der Waals surface area contributed by atoms with E-state index < -0.39 is 18.4 Å². The van der Waals surface area contributed by atoms with Gasteiger partial charge in [-0.3, -0.25) is 9.55 Å². The number of rotatable bonds is 2. The van der Waals surface area contributed by atoms with Crippen LogP contribution in [-0.2, 0) is 4.74 Å². The number of hydrogen-bond acceptors (Lipinski definition) is 5. The van der Waals surface area contributed by atoms with E-state index in [9.17, 15) is 9.90 Å². The summed E-state index contributed by atoms with van der Waals surface area (Å²) in [6.07, 6.45) is -0.527.